The van der Waals surface area contributed by atoms with E-state index < -0.39 is 18.1 Å². The summed E-state index contributed by atoms with van der Waals surface area (Å²) in [5.41, 5.74) is 3.18. The number of carboxylic acid groups (broad SMARTS) is 1. The molecule has 0 bridgehead atoms. The molecule has 3 aromatic rings. The van der Waals surface area contributed by atoms with Crippen LogP contribution in [-0.4, -0.2) is 40.5 Å². The average molecular weight is 433 g/mol. The summed E-state index contributed by atoms with van der Waals surface area (Å²) < 4.78 is 10.8. The third kappa shape index (κ3) is 5.28. The predicted octanol–water partition coefficient (Wildman–Crippen LogP) is 2.62. The highest BCUT2D eigenvalue weighted by Gasteiger charge is 2.14. The molecule has 0 aliphatic rings. The predicted molar refractivity (Wildman–Crippen MR) is 117 cm³/mol. The molecule has 0 saturated carbocycles. The van der Waals surface area contributed by atoms with E-state index in [1.165, 1.54) is 6.21 Å². The van der Waals surface area contributed by atoms with Crippen LogP contribution in [0.1, 0.15) is 18.1 Å². The maximum absolute atomic E-state index is 12.3. The minimum absolute atomic E-state index is 0.0260. The number of hydrogen-bond donors (Lipinski definition) is 3. The first-order valence-corrected chi connectivity index (χ1v) is 9.52. The number of para-hydroxylation sites is 1. The van der Waals surface area contributed by atoms with E-state index in [0.29, 0.717) is 23.5 Å². The second-order valence-corrected chi connectivity index (χ2v) is 6.28. The van der Waals surface area contributed by atoms with E-state index in [2.05, 4.69) is 20.5 Å². The Balaban J connectivity index is 1.90. The van der Waals surface area contributed by atoms with Gasteiger partial charge in [0.15, 0.2) is 18.1 Å². The van der Waals surface area contributed by atoms with Gasteiger partial charge in [0.1, 0.15) is 11.6 Å². The molecule has 3 rings (SSSR count). The topological polar surface area (TPSA) is 150 Å². The van der Waals surface area contributed by atoms with E-state index in [4.69, 9.17) is 14.6 Å². The van der Waals surface area contributed by atoms with Gasteiger partial charge in [-0.2, -0.15) is 10.4 Å². The highest BCUT2D eigenvalue weighted by Crippen LogP contribution is 2.30. The van der Waals surface area contributed by atoms with E-state index in [0.717, 1.165) is 0 Å². The maximum atomic E-state index is 12.3. The van der Waals surface area contributed by atoms with Crippen LogP contribution >= 0.6 is 0 Å². The fourth-order valence-electron chi connectivity index (χ4n) is 2.79. The van der Waals surface area contributed by atoms with Gasteiger partial charge in [0.25, 0.3) is 5.56 Å². The zero-order valence-corrected chi connectivity index (χ0v) is 17.0. The highest BCUT2D eigenvalue weighted by molar-refractivity contribution is 5.85. The van der Waals surface area contributed by atoms with Crippen LogP contribution in [0.25, 0.3) is 11.3 Å². The molecule has 0 fully saturated rings. The van der Waals surface area contributed by atoms with Crippen molar-refractivity contribution in [3.05, 3.63) is 70.0 Å². The lowest BCUT2D eigenvalue weighted by molar-refractivity contribution is -0.139. The molecule has 0 atom stereocenters. The number of H-pyrrole nitrogens is 1. The van der Waals surface area contributed by atoms with Crippen LogP contribution in [0.3, 0.4) is 0 Å². The summed E-state index contributed by atoms with van der Waals surface area (Å²) in [6.07, 6.45) is 1.38. The van der Waals surface area contributed by atoms with Crippen molar-refractivity contribution in [1.29, 1.82) is 5.26 Å². The molecule has 0 amide bonds. The number of benzene rings is 2. The van der Waals surface area contributed by atoms with Gasteiger partial charge in [0.05, 0.1) is 18.5 Å². The second kappa shape index (κ2) is 10.4. The third-order valence-corrected chi connectivity index (χ3v) is 4.10. The molecular weight excluding hydrogens is 414 g/mol. The Kier molecular flexibility index (Phi) is 7.16. The van der Waals surface area contributed by atoms with Crippen LogP contribution in [0, 0.1) is 11.3 Å². The summed E-state index contributed by atoms with van der Waals surface area (Å²) >= 11 is 0. The summed E-state index contributed by atoms with van der Waals surface area (Å²) in [7, 11) is 0. The van der Waals surface area contributed by atoms with Gasteiger partial charge in [-0.05, 0) is 19.1 Å². The molecule has 2 aromatic carbocycles. The van der Waals surface area contributed by atoms with Crippen molar-refractivity contribution in [2.24, 2.45) is 5.10 Å². The third-order valence-electron chi connectivity index (χ3n) is 4.10. The molecule has 0 radical (unpaired) electrons. The Bertz CT molecular complexity index is 1230. The first kappa shape index (κ1) is 22.0. The molecule has 1 heterocycles. The van der Waals surface area contributed by atoms with Gasteiger partial charge >= 0.3 is 5.97 Å². The van der Waals surface area contributed by atoms with E-state index in [1.54, 1.807) is 49.4 Å². The van der Waals surface area contributed by atoms with Crippen molar-refractivity contribution >= 4 is 18.1 Å². The lowest BCUT2D eigenvalue weighted by Crippen LogP contribution is -2.16. The minimum Gasteiger partial charge on any atom is -0.490 e. The normalized spacial score (nSPS) is 10.5. The Morgan fingerprint density at radius 2 is 2.03 bits per heavy atom. The van der Waals surface area contributed by atoms with Gasteiger partial charge < -0.3 is 14.6 Å². The lowest BCUT2D eigenvalue weighted by atomic mass is 10.1. The quantitative estimate of drug-likeness (QED) is 0.344. The van der Waals surface area contributed by atoms with Crippen LogP contribution < -0.4 is 20.5 Å². The van der Waals surface area contributed by atoms with Crippen LogP contribution in [0.4, 0.5) is 5.95 Å². The van der Waals surface area contributed by atoms with Crippen LogP contribution in [0.15, 0.2) is 58.4 Å². The summed E-state index contributed by atoms with van der Waals surface area (Å²) in [6, 6.07) is 15.7. The van der Waals surface area contributed by atoms with Crippen molar-refractivity contribution in [2.45, 2.75) is 6.92 Å². The van der Waals surface area contributed by atoms with Crippen molar-refractivity contribution in [2.75, 3.05) is 18.6 Å². The molecule has 0 saturated heterocycles. The second-order valence-electron chi connectivity index (χ2n) is 6.28. The van der Waals surface area contributed by atoms with Crippen molar-refractivity contribution in [3.8, 4) is 28.8 Å². The molecule has 10 nitrogen and oxygen atoms in total. The Hall–Kier alpha value is -4.65. The van der Waals surface area contributed by atoms with Gasteiger partial charge in [-0.15, -0.1) is 0 Å². The number of carbonyl (C=O) groups is 1. The number of aromatic nitrogens is 2. The van der Waals surface area contributed by atoms with E-state index in [-0.39, 0.29) is 23.0 Å². The number of nitrogens with one attached hydrogen (secondary N) is 2. The summed E-state index contributed by atoms with van der Waals surface area (Å²) in [5, 5.41) is 22.3. The van der Waals surface area contributed by atoms with Gasteiger partial charge in [-0.3, -0.25) is 9.78 Å². The maximum Gasteiger partial charge on any atom is 0.341 e. The zero-order valence-electron chi connectivity index (χ0n) is 17.0. The highest BCUT2D eigenvalue weighted by atomic mass is 16.5. The van der Waals surface area contributed by atoms with E-state index >= 15 is 0 Å². The summed E-state index contributed by atoms with van der Waals surface area (Å²) in [4.78, 5) is 30.0. The van der Waals surface area contributed by atoms with Crippen molar-refractivity contribution in [1.82, 2.24) is 9.97 Å². The van der Waals surface area contributed by atoms with E-state index in [1.807, 2.05) is 12.1 Å². The number of nitriles is 1. The monoisotopic (exact) mass is 433 g/mol. The minimum atomic E-state index is -1.13. The molecular formula is C22H19N5O5. The van der Waals surface area contributed by atoms with Crippen LogP contribution in [0.2, 0.25) is 0 Å². The first-order chi connectivity index (χ1) is 15.5. The fourth-order valence-corrected chi connectivity index (χ4v) is 2.79. The first-order valence-electron chi connectivity index (χ1n) is 9.52. The average Bonchev–Trinajstić information content (AvgIpc) is 2.79. The fraction of sp³-hybridized carbons (Fsp3) is 0.136. The molecule has 1 aromatic heterocycles. The molecule has 0 aliphatic heterocycles. The number of hydrogen-bond acceptors (Lipinski definition) is 8. The Morgan fingerprint density at radius 3 is 2.72 bits per heavy atom. The standard InChI is InChI=1S/C22H19N5O5/c1-2-31-17-10-6-9-15(20(17)32-13-18(28)29)12-24-27-22-25-19(14-7-4-3-5-8-14)16(11-23)21(30)26-22/h3-10,12H,2,13H2,1H3,(H,28,29)(H2,25,26,27,30). The van der Waals surface area contributed by atoms with Gasteiger partial charge in [-0.25, -0.2) is 15.2 Å². The number of hydrazone groups is 1. The van der Waals surface area contributed by atoms with Crippen LogP contribution in [-0.2, 0) is 4.79 Å². The van der Waals surface area contributed by atoms with Crippen molar-refractivity contribution in [3.63, 3.8) is 0 Å². The molecule has 0 spiro atoms. The number of rotatable bonds is 9. The number of anilines is 1. The SMILES string of the molecule is CCOc1cccc(C=NNc2nc(-c3ccccc3)c(C#N)c(=O)[nH]2)c1OCC(=O)O. The molecule has 32 heavy (non-hydrogen) atoms. The molecule has 3 N–H and O–H groups in total. The number of nitrogens with zero attached hydrogens (tertiary/aromatic N) is 3. The molecule has 10 heteroatoms. The van der Waals surface area contributed by atoms with Gasteiger partial charge in [0.2, 0.25) is 5.95 Å². The van der Waals surface area contributed by atoms with Gasteiger partial charge in [-0.1, -0.05) is 36.4 Å². The van der Waals surface area contributed by atoms with Gasteiger partial charge in [0, 0.05) is 11.1 Å². The number of aliphatic carboxylic acids is 1. The van der Waals surface area contributed by atoms with E-state index in [9.17, 15) is 14.9 Å². The lowest BCUT2D eigenvalue weighted by Gasteiger charge is -2.12. The smallest absolute Gasteiger partial charge is 0.341 e. The largest absolute Gasteiger partial charge is 0.490 e. The Labute approximate surface area is 182 Å². The van der Waals surface area contributed by atoms with Crippen LogP contribution in [0.5, 0.6) is 11.5 Å². The Morgan fingerprint density at radius 1 is 1.25 bits per heavy atom. The number of carboxylic acids is 1. The number of aromatic amines is 1. The summed E-state index contributed by atoms with van der Waals surface area (Å²) in [5.74, 6) is -0.522. The molecule has 0 aliphatic carbocycles. The zero-order chi connectivity index (χ0) is 22.9. The number of ether oxygens (including phenoxy) is 2. The van der Waals surface area contributed by atoms with Crippen molar-refractivity contribution < 1.29 is 19.4 Å². The summed E-state index contributed by atoms with van der Waals surface area (Å²) in [6.45, 7) is 1.60. The molecule has 0 unspecified atom stereocenters. The molecule has 162 valence electrons.